The molecule has 0 saturated heterocycles. The van der Waals surface area contributed by atoms with Gasteiger partial charge in [-0.05, 0) is 24.3 Å². The zero-order valence-electron chi connectivity index (χ0n) is 17.9. The topological polar surface area (TPSA) is 83.6 Å². The molecule has 32 heavy (non-hydrogen) atoms. The highest BCUT2D eigenvalue weighted by Gasteiger charge is 2.52. The van der Waals surface area contributed by atoms with E-state index >= 15 is 0 Å². The van der Waals surface area contributed by atoms with Crippen LogP contribution in [-0.2, 0) is 21.5 Å². The molecule has 2 aromatic carbocycles. The monoisotopic (exact) mass is 470 g/mol. The molecule has 1 unspecified atom stereocenters. The number of anilines is 1. The van der Waals surface area contributed by atoms with Crippen LogP contribution in [0.1, 0.15) is 16.8 Å². The van der Waals surface area contributed by atoms with Crippen molar-refractivity contribution in [2.45, 2.75) is 18.0 Å². The van der Waals surface area contributed by atoms with Crippen molar-refractivity contribution in [2.75, 3.05) is 26.5 Å². The number of hydrogen-bond acceptors (Lipinski definition) is 6. The quantitative estimate of drug-likeness (QED) is 0.553. The maximum atomic E-state index is 13.7. The lowest BCUT2D eigenvalue weighted by atomic mass is 9.82. The zero-order valence-corrected chi connectivity index (χ0v) is 19.5. The molecular formula is C23H23ClN4O3S. The molecule has 0 aliphatic carbocycles. The molecule has 3 aromatic rings. The average Bonchev–Trinajstić information content (AvgIpc) is 3.39. The van der Waals surface area contributed by atoms with Crippen molar-refractivity contribution in [3.8, 4) is 5.75 Å². The number of hydrogen-bond donors (Lipinski definition) is 2. The molecule has 4 rings (SSSR count). The second-order valence-corrected chi connectivity index (χ2v) is 8.86. The smallest absolute Gasteiger partial charge is 0.254 e. The fraction of sp³-hybridized carbons (Fsp3) is 0.261. The summed E-state index contributed by atoms with van der Waals surface area (Å²) in [5, 5.41) is 8.72. The Balaban J connectivity index is 1.91. The number of nitrogens with one attached hydrogen (secondary N) is 2. The third-order valence-electron chi connectivity index (χ3n) is 5.51. The Labute approximate surface area is 195 Å². The van der Waals surface area contributed by atoms with Crippen LogP contribution in [-0.4, -0.2) is 48.9 Å². The number of fused-ring (bicyclic) bond motifs is 1. The molecule has 1 aliphatic rings. The van der Waals surface area contributed by atoms with E-state index < -0.39 is 11.6 Å². The van der Waals surface area contributed by atoms with E-state index in [-0.39, 0.29) is 11.8 Å². The number of carbonyl (C=O) groups is 2. The van der Waals surface area contributed by atoms with Crippen molar-refractivity contribution in [1.82, 2.24) is 15.2 Å². The Morgan fingerprint density at radius 3 is 2.75 bits per heavy atom. The van der Waals surface area contributed by atoms with E-state index in [9.17, 15) is 9.59 Å². The van der Waals surface area contributed by atoms with Gasteiger partial charge in [0.2, 0.25) is 5.91 Å². The molecule has 0 fully saturated rings. The van der Waals surface area contributed by atoms with Gasteiger partial charge in [-0.3, -0.25) is 14.9 Å². The van der Waals surface area contributed by atoms with Crippen LogP contribution < -0.4 is 15.4 Å². The van der Waals surface area contributed by atoms with Gasteiger partial charge < -0.3 is 15.0 Å². The van der Waals surface area contributed by atoms with E-state index in [4.69, 9.17) is 16.3 Å². The van der Waals surface area contributed by atoms with E-state index in [0.717, 1.165) is 5.69 Å². The number of carbonyl (C=O) groups excluding carboxylic acids is 2. The van der Waals surface area contributed by atoms with Crippen LogP contribution in [0.25, 0.3) is 0 Å². The third-order valence-corrected chi connectivity index (χ3v) is 6.38. The first-order chi connectivity index (χ1) is 15.4. The average molecular weight is 471 g/mol. The van der Waals surface area contributed by atoms with E-state index in [1.807, 2.05) is 23.6 Å². The number of ether oxygens (including phenoxy) is 1. The predicted octanol–water partition coefficient (Wildman–Crippen LogP) is 3.29. The first kappa shape index (κ1) is 22.3. The number of aromatic nitrogens is 1. The van der Waals surface area contributed by atoms with Crippen molar-refractivity contribution in [1.29, 1.82) is 0 Å². The van der Waals surface area contributed by atoms with Gasteiger partial charge in [0.1, 0.15) is 5.75 Å². The van der Waals surface area contributed by atoms with E-state index in [1.165, 1.54) is 16.2 Å². The zero-order chi connectivity index (χ0) is 22.9. The molecule has 0 bridgehead atoms. The van der Waals surface area contributed by atoms with Gasteiger partial charge in [0.25, 0.3) is 5.91 Å². The van der Waals surface area contributed by atoms with Crippen LogP contribution in [0.2, 0.25) is 5.02 Å². The van der Waals surface area contributed by atoms with Crippen LogP contribution in [0.3, 0.4) is 0 Å². The lowest BCUT2D eigenvalue weighted by Crippen LogP contribution is -2.58. The summed E-state index contributed by atoms with van der Waals surface area (Å²) < 4.78 is 5.61. The van der Waals surface area contributed by atoms with Crippen LogP contribution in [0.4, 0.5) is 5.69 Å². The number of para-hydroxylation sites is 1. The first-order valence-corrected chi connectivity index (χ1v) is 11.3. The van der Waals surface area contributed by atoms with Gasteiger partial charge in [0.15, 0.2) is 5.54 Å². The number of amides is 2. The Kier molecular flexibility index (Phi) is 6.19. The first-order valence-electron chi connectivity index (χ1n) is 9.97. The largest absolute Gasteiger partial charge is 0.496 e. The van der Waals surface area contributed by atoms with Gasteiger partial charge in [-0.25, -0.2) is 4.98 Å². The Bertz CT molecular complexity index is 1150. The molecule has 2 N–H and O–H groups in total. The highest BCUT2D eigenvalue weighted by molar-refractivity contribution is 7.07. The Morgan fingerprint density at radius 1 is 1.28 bits per heavy atom. The van der Waals surface area contributed by atoms with Crippen LogP contribution in [0, 0.1) is 0 Å². The minimum Gasteiger partial charge on any atom is -0.496 e. The summed E-state index contributed by atoms with van der Waals surface area (Å²) in [6.07, 6.45) is 0.320. The number of halogens is 1. The van der Waals surface area contributed by atoms with Crippen molar-refractivity contribution in [2.24, 2.45) is 0 Å². The molecule has 9 heteroatoms. The van der Waals surface area contributed by atoms with E-state index in [1.54, 1.807) is 51.0 Å². The summed E-state index contributed by atoms with van der Waals surface area (Å²) in [6.45, 7) is 0. The second kappa shape index (κ2) is 8.90. The van der Waals surface area contributed by atoms with Gasteiger partial charge in [-0.15, -0.1) is 11.3 Å². The highest BCUT2D eigenvalue weighted by atomic mass is 35.5. The fourth-order valence-electron chi connectivity index (χ4n) is 4.04. The lowest BCUT2D eigenvalue weighted by molar-refractivity contribution is -0.132. The maximum Gasteiger partial charge on any atom is 0.254 e. The van der Waals surface area contributed by atoms with Crippen molar-refractivity contribution in [3.63, 3.8) is 0 Å². The molecule has 166 valence electrons. The Hall–Kier alpha value is -2.94. The number of thiazole rings is 1. The summed E-state index contributed by atoms with van der Waals surface area (Å²) >= 11 is 7.80. The molecule has 0 radical (unpaired) electrons. The van der Waals surface area contributed by atoms with Crippen molar-refractivity contribution < 1.29 is 14.3 Å². The van der Waals surface area contributed by atoms with Gasteiger partial charge in [0.05, 0.1) is 24.4 Å². The van der Waals surface area contributed by atoms with Gasteiger partial charge in [-0.2, -0.15) is 0 Å². The van der Waals surface area contributed by atoms with E-state index in [0.29, 0.717) is 34.0 Å². The molecule has 2 amide bonds. The summed E-state index contributed by atoms with van der Waals surface area (Å²) in [4.78, 5) is 32.7. The molecule has 0 spiro atoms. The minimum absolute atomic E-state index is 0.171. The SMILES string of the molecule is COc1ccccc1C1(N[C@@H](Cc2cscn2)C(=O)N(C)C)C(=O)Nc2ccc(Cl)cc21. The minimum atomic E-state index is -1.39. The summed E-state index contributed by atoms with van der Waals surface area (Å²) in [6, 6.07) is 11.8. The number of benzene rings is 2. The standard InChI is InChI=1S/C23H23ClN4O3S/c1-28(2)21(29)19(11-15-12-32-13-25-15)27-23(16-6-4-5-7-20(16)31-3)17-10-14(24)8-9-18(17)26-22(23)30/h4-10,12-13,19,27H,11H2,1-3H3,(H,26,30)/t19-,23?/m0/s1. The molecule has 0 saturated carbocycles. The normalized spacial score (nSPS) is 18.1. The number of nitrogens with zero attached hydrogens (tertiary/aromatic N) is 2. The molecule has 2 heterocycles. The molecule has 2 atom stereocenters. The van der Waals surface area contributed by atoms with Crippen LogP contribution >= 0.6 is 22.9 Å². The fourth-order valence-corrected chi connectivity index (χ4v) is 4.78. The molecule has 1 aliphatic heterocycles. The van der Waals surface area contributed by atoms with Gasteiger partial charge >= 0.3 is 0 Å². The summed E-state index contributed by atoms with van der Waals surface area (Å²) in [5.41, 5.74) is 2.95. The summed E-state index contributed by atoms with van der Waals surface area (Å²) in [5.74, 6) is 0.0392. The predicted molar refractivity (Wildman–Crippen MR) is 125 cm³/mol. The second-order valence-electron chi connectivity index (χ2n) is 7.71. The number of likely N-dealkylation sites (N-methyl/N-ethyl adjacent to an activating group) is 1. The van der Waals surface area contributed by atoms with Crippen molar-refractivity contribution >= 4 is 40.4 Å². The van der Waals surface area contributed by atoms with Crippen molar-refractivity contribution in [3.05, 3.63) is 75.2 Å². The number of rotatable bonds is 7. The van der Waals surface area contributed by atoms with E-state index in [2.05, 4.69) is 15.6 Å². The maximum absolute atomic E-state index is 13.7. The van der Waals surface area contributed by atoms with Crippen LogP contribution in [0.15, 0.2) is 53.4 Å². The molecular weight excluding hydrogens is 448 g/mol. The van der Waals surface area contributed by atoms with Gasteiger partial charge in [-0.1, -0.05) is 29.8 Å². The third kappa shape index (κ3) is 3.85. The summed E-state index contributed by atoms with van der Waals surface area (Å²) in [7, 11) is 4.93. The lowest BCUT2D eigenvalue weighted by Gasteiger charge is -2.35. The highest BCUT2D eigenvalue weighted by Crippen LogP contribution is 2.45. The van der Waals surface area contributed by atoms with Gasteiger partial charge in [0, 0.05) is 47.7 Å². The van der Waals surface area contributed by atoms with Crippen LogP contribution in [0.5, 0.6) is 5.75 Å². The molecule has 1 aromatic heterocycles. The number of methoxy groups -OCH3 is 1. The Morgan fingerprint density at radius 2 is 2.06 bits per heavy atom. The molecule has 7 nitrogen and oxygen atoms in total.